The highest BCUT2D eigenvalue weighted by Gasteiger charge is 2.33. The summed E-state index contributed by atoms with van der Waals surface area (Å²) in [5.41, 5.74) is 6.17. The lowest BCUT2D eigenvalue weighted by Crippen LogP contribution is -2.23. The van der Waals surface area contributed by atoms with Crippen LogP contribution in [-0.4, -0.2) is 25.2 Å². The first kappa shape index (κ1) is 19.3. The summed E-state index contributed by atoms with van der Waals surface area (Å²) >= 11 is 0. The van der Waals surface area contributed by atoms with Gasteiger partial charge in [-0.15, -0.1) is 0 Å². The standard InChI is InChI=1S/C25H25N5O/c1-18-4-2-3-5-23(18)30-24(21-10-11-21)22(15-28-30)25(31)27-14-19-6-8-20(9-7-19)16-29-13-12-26-17-29/h2-9,12-13,15,17,21H,10-11,14,16H2,1H3,(H,27,31). The summed E-state index contributed by atoms with van der Waals surface area (Å²) < 4.78 is 3.98. The molecule has 0 unspecified atom stereocenters. The Morgan fingerprint density at radius 1 is 1.10 bits per heavy atom. The van der Waals surface area contributed by atoms with Crippen molar-refractivity contribution in [2.75, 3.05) is 0 Å². The van der Waals surface area contributed by atoms with Crippen molar-refractivity contribution in [3.05, 3.63) is 101 Å². The maximum atomic E-state index is 13.0. The molecule has 2 aromatic heterocycles. The van der Waals surface area contributed by atoms with Crippen LogP contribution in [0.1, 0.15) is 51.5 Å². The van der Waals surface area contributed by atoms with Crippen LogP contribution in [0.2, 0.25) is 0 Å². The van der Waals surface area contributed by atoms with Crippen molar-refractivity contribution in [3.63, 3.8) is 0 Å². The molecule has 0 atom stereocenters. The lowest BCUT2D eigenvalue weighted by molar-refractivity contribution is 0.0950. The van der Waals surface area contributed by atoms with E-state index in [1.807, 2.05) is 33.9 Å². The fourth-order valence-electron chi connectivity index (χ4n) is 3.91. The van der Waals surface area contributed by atoms with Gasteiger partial charge in [-0.25, -0.2) is 9.67 Å². The Balaban J connectivity index is 1.29. The van der Waals surface area contributed by atoms with E-state index in [1.165, 1.54) is 5.56 Å². The molecule has 1 saturated carbocycles. The summed E-state index contributed by atoms with van der Waals surface area (Å²) in [6, 6.07) is 16.5. The average Bonchev–Trinajstić information content (AvgIpc) is 3.31. The van der Waals surface area contributed by atoms with E-state index >= 15 is 0 Å². The lowest BCUT2D eigenvalue weighted by Gasteiger charge is -2.11. The largest absolute Gasteiger partial charge is 0.348 e. The molecule has 5 rings (SSSR count). The van der Waals surface area contributed by atoms with Gasteiger partial charge in [0.2, 0.25) is 0 Å². The first-order valence-electron chi connectivity index (χ1n) is 10.6. The predicted molar refractivity (Wildman–Crippen MR) is 119 cm³/mol. The van der Waals surface area contributed by atoms with E-state index in [9.17, 15) is 4.79 Å². The van der Waals surface area contributed by atoms with Crippen molar-refractivity contribution in [2.45, 2.75) is 38.8 Å². The number of aromatic nitrogens is 4. The molecule has 0 bridgehead atoms. The van der Waals surface area contributed by atoms with Crippen molar-refractivity contribution in [3.8, 4) is 5.69 Å². The molecule has 0 aliphatic heterocycles. The van der Waals surface area contributed by atoms with Gasteiger partial charge >= 0.3 is 0 Å². The number of aryl methyl sites for hydroxylation is 1. The lowest BCUT2D eigenvalue weighted by atomic mass is 10.1. The van der Waals surface area contributed by atoms with Gasteiger partial charge in [0, 0.05) is 31.4 Å². The molecule has 2 heterocycles. The van der Waals surface area contributed by atoms with E-state index in [0.29, 0.717) is 18.0 Å². The van der Waals surface area contributed by atoms with E-state index in [1.54, 1.807) is 12.4 Å². The Labute approximate surface area is 181 Å². The second-order valence-corrected chi connectivity index (χ2v) is 8.15. The molecule has 6 nitrogen and oxygen atoms in total. The fourth-order valence-corrected chi connectivity index (χ4v) is 3.91. The second kappa shape index (κ2) is 8.22. The minimum atomic E-state index is -0.0655. The van der Waals surface area contributed by atoms with E-state index in [4.69, 9.17) is 0 Å². The van der Waals surface area contributed by atoms with Gasteiger partial charge in [0.25, 0.3) is 5.91 Å². The summed E-state index contributed by atoms with van der Waals surface area (Å²) in [6.07, 6.45) is 9.46. The Bertz CT molecular complexity index is 1190. The molecular weight excluding hydrogens is 386 g/mol. The monoisotopic (exact) mass is 411 g/mol. The number of hydrogen-bond acceptors (Lipinski definition) is 3. The van der Waals surface area contributed by atoms with Gasteiger partial charge in [0.05, 0.1) is 29.5 Å². The number of carbonyl (C=O) groups excluding carboxylic acids is 1. The number of nitrogens with one attached hydrogen (secondary N) is 1. The van der Waals surface area contributed by atoms with Gasteiger partial charge in [0.15, 0.2) is 0 Å². The van der Waals surface area contributed by atoms with Crippen molar-refractivity contribution < 1.29 is 4.79 Å². The SMILES string of the molecule is Cc1ccccc1-n1ncc(C(=O)NCc2ccc(Cn3ccnc3)cc2)c1C1CC1. The highest BCUT2D eigenvalue weighted by molar-refractivity contribution is 5.95. The number of imidazole rings is 1. The summed E-state index contributed by atoms with van der Waals surface area (Å²) in [5.74, 6) is 0.342. The summed E-state index contributed by atoms with van der Waals surface area (Å²) in [5, 5.41) is 7.66. The minimum Gasteiger partial charge on any atom is -0.348 e. The van der Waals surface area contributed by atoms with E-state index in [-0.39, 0.29) is 5.91 Å². The summed E-state index contributed by atoms with van der Waals surface area (Å²) in [6.45, 7) is 3.35. The first-order valence-corrected chi connectivity index (χ1v) is 10.6. The molecule has 1 fully saturated rings. The number of benzene rings is 2. The van der Waals surface area contributed by atoms with E-state index < -0.39 is 0 Å². The third-order valence-electron chi connectivity index (χ3n) is 5.76. The number of carbonyl (C=O) groups is 1. The van der Waals surface area contributed by atoms with Crippen LogP contribution in [0, 0.1) is 6.92 Å². The van der Waals surface area contributed by atoms with Gasteiger partial charge < -0.3 is 9.88 Å². The zero-order valence-corrected chi connectivity index (χ0v) is 17.5. The Morgan fingerprint density at radius 2 is 1.87 bits per heavy atom. The number of para-hydroxylation sites is 1. The molecule has 156 valence electrons. The molecule has 0 radical (unpaired) electrons. The molecule has 4 aromatic rings. The maximum Gasteiger partial charge on any atom is 0.255 e. The normalized spacial score (nSPS) is 13.3. The van der Waals surface area contributed by atoms with Crippen molar-refractivity contribution >= 4 is 5.91 Å². The minimum absolute atomic E-state index is 0.0655. The zero-order chi connectivity index (χ0) is 21.2. The summed E-state index contributed by atoms with van der Waals surface area (Å²) in [4.78, 5) is 17.1. The topological polar surface area (TPSA) is 64.7 Å². The Hall–Kier alpha value is -3.67. The van der Waals surface area contributed by atoms with Gasteiger partial charge in [-0.1, -0.05) is 42.5 Å². The van der Waals surface area contributed by atoms with Gasteiger partial charge in [0.1, 0.15) is 0 Å². The van der Waals surface area contributed by atoms with Crippen LogP contribution < -0.4 is 5.32 Å². The van der Waals surface area contributed by atoms with Crippen LogP contribution in [0.3, 0.4) is 0 Å². The number of hydrogen-bond donors (Lipinski definition) is 1. The van der Waals surface area contributed by atoms with Crippen LogP contribution in [0.4, 0.5) is 0 Å². The third-order valence-corrected chi connectivity index (χ3v) is 5.76. The van der Waals surface area contributed by atoms with Crippen LogP contribution >= 0.6 is 0 Å². The van der Waals surface area contributed by atoms with E-state index in [2.05, 4.69) is 58.7 Å². The van der Waals surface area contributed by atoms with Gasteiger partial charge in [-0.3, -0.25) is 4.79 Å². The predicted octanol–water partition coefficient (Wildman–Crippen LogP) is 4.23. The summed E-state index contributed by atoms with van der Waals surface area (Å²) in [7, 11) is 0. The number of nitrogens with zero attached hydrogens (tertiary/aromatic N) is 4. The van der Waals surface area contributed by atoms with Crippen LogP contribution in [-0.2, 0) is 13.1 Å². The molecule has 1 aliphatic rings. The van der Waals surface area contributed by atoms with E-state index in [0.717, 1.165) is 41.9 Å². The number of amides is 1. The third kappa shape index (κ3) is 4.14. The first-order chi connectivity index (χ1) is 15.2. The van der Waals surface area contributed by atoms with Crippen LogP contribution in [0.15, 0.2) is 73.4 Å². The molecule has 6 heteroatoms. The van der Waals surface area contributed by atoms with Crippen LogP contribution in [0.25, 0.3) is 5.69 Å². The molecular formula is C25H25N5O. The molecule has 0 saturated heterocycles. The zero-order valence-electron chi connectivity index (χ0n) is 17.5. The van der Waals surface area contributed by atoms with Gasteiger partial charge in [-0.05, 0) is 42.5 Å². The van der Waals surface area contributed by atoms with Gasteiger partial charge in [-0.2, -0.15) is 5.10 Å². The molecule has 1 N–H and O–H groups in total. The van der Waals surface area contributed by atoms with Crippen molar-refractivity contribution in [1.29, 1.82) is 0 Å². The molecule has 31 heavy (non-hydrogen) atoms. The van der Waals surface area contributed by atoms with Crippen LogP contribution in [0.5, 0.6) is 0 Å². The fraction of sp³-hybridized carbons (Fsp3) is 0.240. The molecule has 0 spiro atoms. The average molecular weight is 412 g/mol. The quantitative estimate of drug-likeness (QED) is 0.495. The molecule has 1 aliphatic carbocycles. The second-order valence-electron chi connectivity index (χ2n) is 8.15. The number of rotatable bonds is 7. The molecule has 1 amide bonds. The molecule has 2 aromatic carbocycles. The highest BCUT2D eigenvalue weighted by atomic mass is 16.1. The Kier molecular flexibility index (Phi) is 5.12. The maximum absolute atomic E-state index is 13.0. The Morgan fingerprint density at radius 3 is 2.58 bits per heavy atom. The van der Waals surface area contributed by atoms with Crippen molar-refractivity contribution in [2.24, 2.45) is 0 Å². The highest BCUT2D eigenvalue weighted by Crippen LogP contribution is 2.42. The van der Waals surface area contributed by atoms with Crippen molar-refractivity contribution in [1.82, 2.24) is 24.6 Å². The smallest absolute Gasteiger partial charge is 0.255 e.